The van der Waals surface area contributed by atoms with Crippen molar-refractivity contribution < 1.29 is 9.90 Å². The summed E-state index contributed by atoms with van der Waals surface area (Å²) in [5.74, 6) is -0.0860. The van der Waals surface area contributed by atoms with E-state index in [2.05, 4.69) is 21.2 Å². The van der Waals surface area contributed by atoms with Crippen LogP contribution in [0.15, 0.2) is 10.5 Å². The molecule has 0 amide bonds. The van der Waals surface area contributed by atoms with Gasteiger partial charge >= 0.3 is 0 Å². The zero-order valence-corrected chi connectivity index (χ0v) is 10.6. The van der Waals surface area contributed by atoms with Crippen LogP contribution in [-0.4, -0.2) is 24.5 Å². The summed E-state index contributed by atoms with van der Waals surface area (Å²) in [6, 6.07) is 1.72. The van der Waals surface area contributed by atoms with Crippen molar-refractivity contribution in [3.05, 3.63) is 27.2 Å². The fourth-order valence-corrected chi connectivity index (χ4v) is 1.86. The van der Waals surface area contributed by atoms with Crippen molar-refractivity contribution in [1.82, 2.24) is 5.32 Å². The van der Waals surface area contributed by atoms with Gasteiger partial charge in [0.15, 0.2) is 5.78 Å². The summed E-state index contributed by atoms with van der Waals surface area (Å²) < 4.78 is 0.599. The molecular formula is C11H14BrNO2. The number of Topliss-reactive ketones (excluding diaryl/α,β-unsaturated/α-hetero) is 1. The van der Waals surface area contributed by atoms with Gasteiger partial charge in [-0.3, -0.25) is 4.79 Å². The van der Waals surface area contributed by atoms with Gasteiger partial charge in [-0.2, -0.15) is 0 Å². The number of hydrogen-bond acceptors (Lipinski definition) is 3. The summed E-state index contributed by atoms with van der Waals surface area (Å²) in [4.78, 5) is 11.6. The monoisotopic (exact) mass is 271 g/mol. The van der Waals surface area contributed by atoms with Crippen molar-refractivity contribution in [2.75, 3.05) is 13.6 Å². The van der Waals surface area contributed by atoms with Crippen molar-refractivity contribution in [3.8, 4) is 5.75 Å². The lowest BCUT2D eigenvalue weighted by atomic mass is 10.0. The van der Waals surface area contributed by atoms with E-state index in [1.165, 1.54) is 0 Å². The molecule has 0 spiro atoms. The summed E-state index contributed by atoms with van der Waals surface area (Å²) in [5.41, 5.74) is 2.30. The van der Waals surface area contributed by atoms with E-state index < -0.39 is 0 Å². The summed E-state index contributed by atoms with van der Waals surface area (Å²) in [5, 5.41) is 12.6. The SMILES string of the molecule is CNCC(=O)c1cc(C)c(C)c(Br)c1O. The van der Waals surface area contributed by atoms with Gasteiger partial charge in [0.25, 0.3) is 0 Å². The molecule has 0 unspecified atom stereocenters. The van der Waals surface area contributed by atoms with Gasteiger partial charge in [-0.1, -0.05) is 0 Å². The molecule has 15 heavy (non-hydrogen) atoms. The number of rotatable bonds is 3. The maximum absolute atomic E-state index is 11.6. The van der Waals surface area contributed by atoms with Crippen LogP contribution in [0.2, 0.25) is 0 Å². The molecule has 0 heterocycles. The number of ketones is 1. The van der Waals surface area contributed by atoms with E-state index in [0.29, 0.717) is 10.0 Å². The van der Waals surface area contributed by atoms with Crippen LogP contribution < -0.4 is 5.32 Å². The molecule has 0 aliphatic rings. The molecule has 0 aliphatic carbocycles. The van der Waals surface area contributed by atoms with Crippen LogP contribution in [-0.2, 0) is 0 Å². The lowest BCUT2D eigenvalue weighted by Crippen LogP contribution is -2.19. The van der Waals surface area contributed by atoms with Crippen molar-refractivity contribution in [2.24, 2.45) is 0 Å². The van der Waals surface area contributed by atoms with Gasteiger partial charge < -0.3 is 10.4 Å². The Morgan fingerprint density at radius 2 is 2.13 bits per heavy atom. The number of aromatic hydroxyl groups is 1. The minimum Gasteiger partial charge on any atom is -0.506 e. The number of benzene rings is 1. The van der Waals surface area contributed by atoms with Gasteiger partial charge in [0.1, 0.15) is 5.75 Å². The Hall–Kier alpha value is -0.870. The van der Waals surface area contributed by atoms with Gasteiger partial charge in [-0.05, 0) is 54.0 Å². The average molecular weight is 272 g/mol. The Kier molecular flexibility index (Phi) is 3.88. The maximum Gasteiger partial charge on any atom is 0.180 e. The molecule has 3 nitrogen and oxygen atoms in total. The highest BCUT2D eigenvalue weighted by atomic mass is 79.9. The molecule has 1 aromatic rings. The largest absolute Gasteiger partial charge is 0.506 e. The van der Waals surface area contributed by atoms with E-state index in [-0.39, 0.29) is 18.1 Å². The van der Waals surface area contributed by atoms with E-state index in [9.17, 15) is 9.90 Å². The van der Waals surface area contributed by atoms with E-state index >= 15 is 0 Å². The van der Waals surface area contributed by atoms with Crippen molar-refractivity contribution >= 4 is 21.7 Å². The van der Waals surface area contributed by atoms with E-state index in [1.807, 2.05) is 13.8 Å². The highest BCUT2D eigenvalue weighted by Crippen LogP contribution is 2.33. The number of phenols is 1. The summed E-state index contributed by atoms with van der Waals surface area (Å²) in [6.07, 6.45) is 0. The molecule has 82 valence electrons. The fraction of sp³-hybridized carbons (Fsp3) is 0.364. The molecule has 0 saturated heterocycles. The van der Waals surface area contributed by atoms with Crippen molar-refractivity contribution in [3.63, 3.8) is 0 Å². The quantitative estimate of drug-likeness (QED) is 0.829. The third-order valence-electron chi connectivity index (χ3n) is 2.38. The van der Waals surface area contributed by atoms with Gasteiger partial charge in [-0.25, -0.2) is 0 Å². The summed E-state index contributed by atoms with van der Waals surface area (Å²) in [6.45, 7) is 4.03. The van der Waals surface area contributed by atoms with Crippen LogP contribution >= 0.6 is 15.9 Å². The van der Waals surface area contributed by atoms with Crippen LogP contribution in [0.1, 0.15) is 21.5 Å². The first-order valence-electron chi connectivity index (χ1n) is 4.65. The molecule has 0 aliphatic heterocycles. The molecule has 1 rings (SSSR count). The number of carbonyl (C=O) groups excluding carboxylic acids is 1. The summed E-state index contributed by atoms with van der Waals surface area (Å²) >= 11 is 3.28. The van der Waals surface area contributed by atoms with Crippen LogP contribution in [0.25, 0.3) is 0 Å². The lowest BCUT2D eigenvalue weighted by molar-refractivity contribution is 0.0991. The molecule has 0 atom stereocenters. The number of nitrogens with one attached hydrogen (secondary N) is 1. The zero-order chi connectivity index (χ0) is 11.6. The standard InChI is InChI=1S/C11H14BrNO2/c1-6-4-8(9(14)5-13-3)11(15)10(12)7(6)2/h4,13,15H,5H2,1-3H3. The minimum atomic E-state index is -0.112. The van der Waals surface area contributed by atoms with E-state index in [4.69, 9.17) is 0 Å². The Labute approximate surface area is 97.6 Å². The number of aryl methyl sites for hydroxylation is 1. The Morgan fingerprint density at radius 1 is 1.53 bits per heavy atom. The molecule has 0 fully saturated rings. The first-order valence-corrected chi connectivity index (χ1v) is 5.44. The van der Waals surface area contributed by atoms with E-state index in [1.54, 1.807) is 13.1 Å². The number of likely N-dealkylation sites (N-methyl/N-ethyl adjacent to an activating group) is 1. The van der Waals surface area contributed by atoms with Gasteiger partial charge in [0, 0.05) is 0 Å². The van der Waals surface area contributed by atoms with E-state index in [0.717, 1.165) is 11.1 Å². The van der Waals surface area contributed by atoms with Crippen molar-refractivity contribution in [2.45, 2.75) is 13.8 Å². The fourth-order valence-electron chi connectivity index (χ4n) is 1.33. The average Bonchev–Trinajstić information content (AvgIpc) is 2.20. The third kappa shape index (κ3) is 2.38. The number of phenolic OH excluding ortho intramolecular Hbond substituents is 1. The first kappa shape index (κ1) is 12.2. The van der Waals surface area contributed by atoms with Crippen LogP contribution in [0.4, 0.5) is 0 Å². The summed E-state index contributed by atoms with van der Waals surface area (Å²) in [7, 11) is 1.70. The van der Waals surface area contributed by atoms with Gasteiger partial charge in [0.05, 0.1) is 16.6 Å². The zero-order valence-electron chi connectivity index (χ0n) is 9.02. The van der Waals surface area contributed by atoms with Crippen LogP contribution in [0.3, 0.4) is 0 Å². The molecule has 1 aromatic carbocycles. The molecule has 0 saturated carbocycles. The third-order valence-corrected chi connectivity index (χ3v) is 3.35. The predicted molar refractivity (Wildman–Crippen MR) is 63.5 cm³/mol. The highest BCUT2D eigenvalue weighted by molar-refractivity contribution is 9.10. The Morgan fingerprint density at radius 3 is 2.67 bits per heavy atom. The van der Waals surface area contributed by atoms with Gasteiger partial charge in [0.2, 0.25) is 0 Å². The minimum absolute atomic E-state index is 0.0263. The molecule has 0 aromatic heterocycles. The molecule has 2 N–H and O–H groups in total. The first-order chi connectivity index (χ1) is 6.99. The number of carbonyl (C=O) groups is 1. The second kappa shape index (κ2) is 4.77. The molecule has 0 bridgehead atoms. The highest BCUT2D eigenvalue weighted by Gasteiger charge is 2.16. The molecular weight excluding hydrogens is 258 g/mol. The lowest BCUT2D eigenvalue weighted by Gasteiger charge is -2.10. The Balaban J connectivity index is 3.26. The van der Waals surface area contributed by atoms with Crippen molar-refractivity contribution in [1.29, 1.82) is 0 Å². The number of hydrogen-bond donors (Lipinski definition) is 2. The maximum atomic E-state index is 11.6. The van der Waals surface area contributed by atoms with Crippen LogP contribution in [0, 0.1) is 13.8 Å². The topological polar surface area (TPSA) is 49.3 Å². The van der Waals surface area contributed by atoms with Gasteiger partial charge in [-0.15, -0.1) is 0 Å². The molecule has 0 radical (unpaired) electrons. The second-order valence-corrected chi connectivity index (χ2v) is 4.28. The second-order valence-electron chi connectivity index (χ2n) is 3.48. The normalized spacial score (nSPS) is 10.4. The Bertz CT molecular complexity index is 402. The molecule has 4 heteroatoms. The van der Waals surface area contributed by atoms with Crippen LogP contribution in [0.5, 0.6) is 5.75 Å². The smallest absolute Gasteiger partial charge is 0.180 e. The number of halogens is 1. The predicted octanol–water partition coefficient (Wildman–Crippen LogP) is 2.17.